The van der Waals surface area contributed by atoms with Gasteiger partial charge in [0.2, 0.25) is 0 Å². The number of nitriles is 1. The largest absolute Gasteiger partial charge is 0.487 e. The zero-order valence-corrected chi connectivity index (χ0v) is 15.9. The van der Waals surface area contributed by atoms with Gasteiger partial charge in [0, 0.05) is 45.4 Å². The zero-order chi connectivity index (χ0) is 19.7. The molecule has 3 heterocycles. The second-order valence-electron chi connectivity index (χ2n) is 7.37. The Labute approximate surface area is 163 Å². The quantitative estimate of drug-likeness (QED) is 0.869. The van der Waals surface area contributed by atoms with Gasteiger partial charge < -0.3 is 20.3 Å². The molecule has 1 aromatic carbocycles. The van der Waals surface area contributed by atoms with Gasteiger partial charge in [-0.05, 0) is 25.2 Å². The van der Waals surface area contributed by atoms with Crippen LogP contribution in [-0.4, -0.2) is 47.7 Å². The van der Waals surface area contributed by atoms with Gasteiger partial charge in [-0.2, -0.15) is 5.26 Å². The highest BCUT2D eigenvalue weighted by molar-refractivity contribution is 5.59. The lowest BCUT2D eigenvalue weighted by atomic mass is 10.1. The molecule has 2 aromatic rings. The smallest absolute Gasteiger partial charge is 0.171 e. The van der Waals surface area contributed by atoms with E-state index in [4.69, 9.17) is 20.7 Å². The number of benzene rings is 1. The van der Waals surface area contributed by atoms with E-state index in [1.807, 2.05) is 6.07 Å². The van der Waals surface area contributed by atoms with Crippen molar-refractivity contribution in [2.45, 2.75) is 31.9 Å². The molecule has 4 rings (SSSR count). The summed E-state index contributed by atoms with van der Waals surface area (Å²) >= 11 is 0. The molecule has 146 valence electrons. The van der Waals surface area contributed by atoms with Crippen LogP contribution < -0.4 is 15.4 Å². The molecule has 0 saturated carbocycles. The maximum Gasteiger partial charge on any atom is 0.171 e. The fourth-order valence-electron chi connectivity index (χ4n) is 3.73. The summed E-state index contributed by atoms with van der Waals surface area (Å²) in [6, 6.07) is 6.20. The molecule has 0 atom stereocenters. The van der Waals surface area contributed by atoms with Gasteiger partial charge in [0.1, 0.15) is 6.10 Å². The van der Waals surface area contributed by atoms with Gasteiger partial charge >= 0.3 is 0 Å². The standard InChI is InChI=1S/C20H23FN6O/c1-26-7-6-16-17(12-26)24-19(23)20(25-16)27-8-4-14(5-9-27)28-18-3-2-13(11-22)10-15(18)21/h2-3,10,14H,4-9,12H2,1H3,(H2,23,24). The lowest BCUT2D eigenvalue weighted by Gasteiger charge is -2.34. The number of hydrogen-bond donors (Lipinski definition) is 1. The van der Waals surface area contributed by atoms with Crippen LogP contribution >= 0.6 is 0 Å². The lowest BCUT2D eigenvalue weighted by molar-refractivity contribution is 0.163. The number of likely N-dealkylation sites (N-methyl/N-ethyl adjacent to an activating group) is 1. The number of nitrogen functional groups attached to an aromatic ring is 1. The SMILES string of the molecule is CN1CCc2nc(N3CCC(Oc4ccc(C#N)cc4F)CC3)c(N)nc2C1. The van der Waals surface area contributed by atoms with E-state index in [1.165, 1.54) is 12.1 Å². The van der Waals surface area contributed by atoms with Crippen molar-refractivity contribution in [3.8, 4) is 11.8 Å². The normalized spacial score (nSPS) is 17.8. The molecular formula is C20H23FN6O. The summed E-state index contributed by atoms with van der Waals surface area (Å²) in [7, 11) is 2.07. The number of aromatic nitrogens is 2. The van der Waals surface area contributed by atoms with Gasteiger partial charge in [-0.1, -0.05) is 0 Å². The predicted octanol–water partition coefficient (Wildman–Crippen LogP) is 2.11. The summed E-state index contributed by atoms with van der Waals surface area (Å²) < 4.78 is 19.9. The third kappa shape index (κ3) is 3.71. The van der Waals surface area contributed by atoms with E-state index in [0.717, 1.165) is 62.6 Å². The molecule has 0 unspecified atom stereocenters. The highest BCUT2D eigenvalue weighted by atomic mass is 19.1. The molecule has 0 bridgehead atoms. The summed E-state index contributed by atoms with van der Waals surface area (Å²) in [5, 5.41) is 8.83. The number of rotatable bonds is 3. The van der Waals surface area contributed by atoms with Gasteiger partial charge in [0.15, 0.2) is 23.2 Å². The molecule has 2 N–H and O–H groups in total. The van der Waals surface area contributed by atoms with Crippen LogP contribution in [0.1, 0.15) is 29.8 Å². The van der Waals surface area contributed by atoms with Crippen molar-refractivity contribution in [1.82, 2.24) is 14.9 Å². The molecule has 0 aliphatic carbocycles. The van der Waals surface area contributed by atoms with Gasteiger partial charge in [-0.3, -0.25) is 0 Å². The summed E-state index contributed by atoms with van der Waals surface area (Å²) in [6.07, 6.45) is 2.27. The van der Waals surface area contributed by atoms with Crippen molar-refractivity contribution < 1.29 is 9.13 Å². The highest BCUT2D eigenvalue weighted by Crippen LogP contribution is 2.28. The number of piperidine rings is 1. The van der Waals surface area contributed by atoms with Crippen LogP contribution in [0.25, 0.3) is 0 Å². The molecule has 2 aliphatic rings. The first-order valence-electron chi connectivity index (χ1n) is 9.48. The molecule has 28 heavy (non-hydrogen) atoms. The van der Waals surface area contributed by atoms with Crippen molar-refractivity contribution in [3.05, 3.63) is 41.0 Å². The summed E-state index contributed by atoms with van der Waals surface area (Å²) in [6.45, 7) is 3.19. The van der Waals surface area contributed by atoms with Crippen LogP contribution in [-0.2, 0) is 13.0 Å². The first kappa shape index (κ1) is 18.4. The minimum Gasteiger partial charge on any atom is -0.487 e. The van der Waals surface area contributed by atoms with Crippen LogP contribution in [0.5, 0.6) is 5.75 Å². The van der Waals surface area contributed by atoms with Crippen molar-refractivity contribution in [3.63, 3.8) is 0 Å². The van der Waals surface area contributed by atoms with Crippen LogP contribution in [0.4, 0.5) is 16.0 Å². The van der Waals surface area contributed by atoms with E-state index in [1.54, 1.807) is 6.07 Å². The fraction of sp³-hybridized carbons (Fsp3) is 0.450. The lowest BCUT2D eigenvalue weighted by Crippen LogP contribution is -2.40. The fourth-order valence-corrected chi connectivity index (χ4v) is 3.73. The van der Waals surface area contributed by atoms with E-state index < -0.39 is 5.82 Å². The Morgan fingerprint density at radius 1 is 1.21 bits per heavy atom. The predicted molar refractivity (Wildman–Crippen MR) is 103 cm³/mol. The maximum atomic E-state index is 14.0. The second-order valence-corrected chi connectivity index (χ2v) is 7.37. The van der Waals surface area contributed by atoms with E-state index in [9.17, 15) is 4.39 Å². The number of ether oxygens (including phenoxy) is 1. The molecule has 0 radical (unpaired) electrons. The summed E-state index contributed by atoms with van der Waals surface area (Å²) in [5.74, 6) is 0.892. The van der Waals surface area contributed by atoms with Crippen LogP contribution in [0, 0.1) is 17.1 Å². The topological polar surface area (TPSA) is 91.3 Å². The molecule has 0 amide bonds. The van der Waals surface area contributed by atoms with Crippen LogP contribution in [0.2, 0.25) is 0 Å². The minimum absolute atomic E-state index is 0.0841. The molecule has 0 spiro atoms. The average Bonchev–Trinajstić information content (AvgIpc) is 2.69. The van der Waals surface area contributed by atoms with Gasteiger partial charge in [0.05, 0.1) is 23.0 Å². The number of anilines is 2. The van der Waals surface area contributed by atoms with Gasteiger partial charge in [-0.15, -0.1) is 0 Å². The van der Waals surface area contributed by atoms with Crippen LogP contribution in [0.3, 0.4) is 0 Å². The first-order chi connectivity index (χ1) is 13.5. The number of nitrogens with zero attached hydrogens (tertiary/aromatic N) is 5. The number of nitrogens with two attached hydrogens (primary N) is 1. The third-order valence-electron chi connectivity index (χ3n) is 5.30. The molecule has 2 aliphatic heterocycles. The Hall–Kier alpha value is -2.92. The Kier molecular flexibility index (Phi) is 5.01. The first-order valence-corrected chi connectivity index (χ1v) is 9.48. The van der Waals surface area contributed by atoms with E-state index in [2.05, 4.69) is 21.8 Å². The Balaban J connectivity index is 1.41. The zero-order valence-electron chi connectivity index (χ0n) is 15.9. The van der Waals surface area contributed by atoms with Crippen molar-refractivity contribution in [2.75, 3.05) is 37.3 Å². The van der Waals surface area contributed by atoms with Crippen molar-refractivity contribution in [1.29, 1.82) is 5.26 Å². The van der Waals surface area contributed by atoms with Crippen molar-refractivity contribution in [2.24, 2.45) is 0 Å². The average molecular weight is 382 g/mol. The van der Waals surface area contributed by atoms with E-state index >= 15 is 0 Å². The second kappa shape index (κ2) is 7.60. The molecule has 1 saturated heterocycles. The molecule has 1 aromatic heterocycles. The Bertz CT molecular complexity index is 920. The highest BCUT2D eigenvalue weighted by Gasteiger charge is 2.26. The molecular weight excluding hydrogens is 359 g/mol. The molecule has 8 heteroatoms. The minimum atomic E-state index is -0.503. The number of fused-ring (bicyclic) bond motifs is 1. The number of halogens is 1. The van der Waals surface area contributed by atoms with Gasteiger partial charge in [-0.25, -0.2) is 14.4 Å². The maximum absolute atomic E-state index is 14.0. The van der Waals surface area contributed by atoms with E-state index in [0.29, 0.717) is 5.82 Å². The number of hydrogen-bond acceptors (Lipinski definition) is 7. The third-order valence-corrected chi connectivity index (χ3v) is 5.30. The molecule has 7 nitrogen and oxygen atoms in total. The monoisotopic (exact) mass is 382 g/mol. The summed E-state index contributed by atoms with van der Waals surface area (Å²) in [4.78, 5) is 13.7. The van der Waals surface area contributed by atoms with Gasteiger partial charge in [0.25, 0.3) is 0 Å². The molecule has 1 fully saturated rings. The summed E-state index contributed by atoms with van der Waals surface area (Å²) in [5.41, 5.74) is 8.46. The van der Waals surface area contributed by atoms with Crippen molar-refractivity contribution >= 4 is 11.6 Å². The Morgan fingerprint density at radius 2 is 2.00 bits per heavy atom. The van der Waals surface area contributed by atoms with Crippen LogP contribution in [0.15, 0.2) is 18.2 Å². The Morgan fingerprint density at radius 3 is 2.71 bits per heavy atom. The van der Waals surface area contributed by atoms with E-state index in [-0.39, 0.29) is 17.4 Å².